The Balaban J connectivity index is 1.90. The molecule has 0 aliphatic heterocycles. The molecule has 28 heavy (non-hydrogen) atoms. The van der Waals surface area contributed by atoms with Crippen LogP contribution in [0.3, 0.4) is 0 Å². The van der Waals surface area contributed by atoms with E-state index in [4.69, 9.17) is 16.2 Å². The van der Waals surface area contributed by atoms with Crippen molar-refractivity contribution in [3.05, 3.63) is 53.6 Å². The molecule has 2 aromatic heterocycles. The molecule has 144 valence electrons. The monoisotopic (exact) mass is 376 g/mol. The molecular weight excluding hydrogens is 352 g/mol. The lowest BCUT2D eigenvalue weighted by molar-refractivity contribution is 0.408. The van der Waals surface area contributed by atoms with E-state index < -0.39 is 0 Å². The predicted octanol–water partition coefficient (Wildman–Crippen LogP) is 2.92. The highest BCUT2D eigenvalue weighted by molar-refractivity contribution is 6.09. The van der Waals surface area contributed by atoms with Crippen molar-refractivity contribution in [1.82, 2.24) is 19.9 Å². The minimum absolute atomic E-state index is 0.179. The van der Waals surface area contributed by atoms with Gasteiger partial charge in [0, 0.05) is 17.5 Å². The first-order valence-corrected chi connectivity index (χ1v) is 9.28. The summed E-state index contributed by atoms with van der Waals surface area (Å²) in [6.07, 6.45) is 0. The van der Waals surface area contributed by atoms with Crippen molar-refractivity contribution < 1.29 is 4.74 Å². The maximum Gasteiger partial charge on any atom is 0.222 e. The first-order valence-electron chi connectivity index (χ1n) is 9.28. The number of nitrogen functional groups attached to an aromatic ring is 2. The standard InChI is InChI=1S/C21H24N6O/c1-3-24-11-13-8-9-17(28-2)14(10-13)12-27-16-7-5-4-6-15(16)18-19(27)20(22)26-21(23)25-18/h4-10,24H,3,11-12H2,1-2H3,(H4,22,23,25,26). The summed E-state index contributed by atoms with van der Waals surface area (Å²) >= 11 is 0. The van der Waals surface area contributed by atoms with Crippen molar-refractivity contribution in [3.8, 4) is 5.75 Å². The van der Waals surface area contributed by atoms with Gasteiger partial charge in [0.05, 0.1) is 19.2 Å². The Hall–Kier alpha value is -3.32. The van der Waals surface area contributed by atoms with Crippen molar-refractivity contribution in [2.45, 2.75) is 20.0 Å². The van der Waals surface area contributed by atoms with Crippen LogP contribution in [0.25, 0.3) is 21.9 Å². The Kier molecular flexibility index (Phi) is 4.75. The highest BCUT2D eigenvalue weighted by Gasteiger charge is 2.17. The Morgan fingerprint density at radius 2 is 1.93 bits per heavy atom. The van der Waals surface area contributed by atoms with E-state index in [0.717, 1.165) is 46.3 Å². The smallest absolute Gasteiger partial charge is 0.222 e. The quantitative estimate of drug-likeness (QED) is 0.478. The van der Waals surface area contributed by atoms with Crippen LogP contribution in [0.15, 0.2) is 42.5 Å². The van der Waals surface area contributed by atoms with Crippen LogP contribution in [0.5, 0.6) is 5.75 Å². The number of nitrogens with zero attached hydrogens (tertiary/aromatic N) is 3. The summed E-state index contributed by atoms with van der Waals surface area (Å²) in [4.78, 5) is 8.63. The number of nitrogens with two attached hydrogens (primary N) is 2. The zero-order valence-corrected chi connectivity index (χ0v) is 16.1. The van der Waals surface area contributed by atoms with E-state index in [2.05, 4.69) is 45.0 Å². The second-order valence-corrected chi connectivity index (χ2v) is 6.69. The van der Waals surface area contributed by atoms with Crippen LogP contribution in [-0.4, -0.2) is 28.2 Å². The van der Waals surface area contributed by atoms with Crippen LogP contribution in [-0.2, 0) is 13.1 Å². The third kappa shape index (κ3) is 3.10. The normalized spacial score (nSPS) is 11.4. The van der Waals surface area contributed by atoms with Crippen LogP contribution >= 0.6 is 0 Å². The predicted molar refractivity (Wildman–Crippen MR) is 113 cm³/mol. The Morgan fingerprint density at radius 1 is 1.11 bits per heavy atom. The molecule has 0 fully saturated rings. The van der Waals surface area contributed by atoms with Crippen LogP contribution in [0.2, 0.25) is 0 Å². The number of aromatic nitrogens is 3. The molecule has 7 nitrogen and oxygen atoms in total. The molecule has 0 saturated carbocycles. The van der Waals surface area contributed by atoms with E-state index in [-0.39, 0.29) is 5.95 Å². The molecule has 5 N–H and O–H groups in total. The summed E-state index contributed by atoms with van der Waals surface area (Å²) < 4.78 is 7.74. The summed E-state index contributed by atoms with van der Waals surface area (Å²) in [7, 11) is 1.69. The molecule has 2 aromatic carbocycles. The van der Waals surface area contributed by atoms with E-state index >= 15 is 0 Å². The maximum absolute atomic E-state index is 6.25. The Morgan fingerprint density at radius 3 is 2.71 bits per heavy atom. The van der Waals surface area contributed by atoms with E-state index in [0.29, 0.717) is 12.4 Å². The number of fused-ring (bicyclic) bond motifs is 3. The maximum atomic E-state index is 6.25. The zero-order valence-electron chi connectivity index (χ0n) is 16.1. The highest BCUT2D eigenvalue weighted by Crippen LogP contribution is 2.33. The van der Waals surface area contributed by atoms with Gasteiger partial charge in [-0.1, -0.05) is 31.2 Å². The first kappa shape index (κ1) is 18.1. The average molecular weight is 376 g/mol. The van der Waals surface area contributed by atoms with Crippen LogP contribution < -0.4 is 21.5 Å². The molecule has 0 atom stereocenters. The third-order valence-electron chi connectivity index (χ3n) is 4.90. The molecular formula is C21H24N6O. The van der Waals surface area contributed by atoms with Gasteiger partial charge in [0.15, 0.2) is 5.82 Å². The van der Waals surface area contributed by atoms with Crippen molar-refractivity contribution in [2.75, 3.05) is 25.1 Å². The molecule has 0 radical (unpaired) electrons. The van der Waals surface area contributed by atoms with Gasteiger partial charge in [0.1, 0.15) is 16.8 Å². The first-order chi connectivity index (χ1) is 13.6. The number of benzene rings is 2. The van der Waals surface area contributed by atoms with Gasteiger partial charge >= 0.3 is 0 Å². The number of nitrogens with one attached hydrogen (secondary N) is 1. The van der Waals surface area contributed by atoms with Crippen molar-refractivity contribution in [2.24, 2.45) is 0 Å². The second kappa shape index (κ2) is 7.36. The summed E-state index contributed by atoms with van der Waals surface area (Å²) in [5, 5.41) is 4.36. The third-order valence-corrected chi connectivity index (χ3v) is 4.90. The minimum Gasteiger partial charge on any atom is -0.496 e. The van der Waals surface area contributed by atoms with E-state index in [1.807, 2.05) is 24.3 Å². The Bertz CT molecular complexity index is 1150. The molecule has 0 unspecified atom stereocenters. The number of rotatable bonds is 6. The van der Waals surface area contributed by atoms with Crippen LogP contribution in [0.4, 0.5) is 11.8 Å². The van der Waals surface area contributed by atoms with Crippen LogP contribution in [0.1, 0.15) is 18.1 Å². The van der Waals surface area contributed by atoms with Gasteiger partial charge < -0.3 is 26.1 Å². The molecule has 0 aliphatic rings. The van der Waals surface area contributed by atoms with Gasteiger partial charge in [0.25, 0.3) is 0 Å². The van der Waals surface area contributed by atoms with Gasteiger partial charge in [-0.25, -0.2) is 4.98 Å². The lowest BCUT2D eigenvalue weighted by atomic mass is 10.1. The second-order valence-electron chi connectivity index (χ2n) is 6.69. The number of methoxy groups -OCH3 is 1. The van der Waals surface area contributed by atoms with Gasteiger partial charge in [-0.2, -0.15) is 4.98 Å². The van der Waals surface area contributed by atoms with Gasteiger partial charge in [-0.05, 0) is 30.3 Å². The van der Waals surface area contributed by atoms with Gasteiger partial charge in [-0.15, -0.1) is 0 Å². The zero-order chi connectivity index (χ0) is 19.7. The number of hydrogen-bond acceptors (Lipinski definition) is 6. The van der Waals surface area contributed by atoms with Crippen LogP contribution in [0, 0.1) is 0 Å². The lowest BCUT2D eigenvalue weighted by Gasteiger charge is -2.14. The average Bonchev–Trinajstić information content (AvgIpc) is 3.00. The van der Waals surface area contributed by atoms with Gasteiger partial charge in [-0.3, -0.25) is 0 Å². The fourth-order valence-electron chi connectivity index (χ4n) is 3.64. The molecule has 0 bridgehead atoms. The van der Waals surface area contributed by atoms with Crippen molar-refractivity contribution in [3.63, 3.8) is 0 Å². The van der Waals surface area contributed by atoms with Crippen molar-refractivity contribution in [1.29, 1.82) is 0 Å². The minimum atomic E-state index is 0.179. The van der Waals surface area contributed by atoms with E-state index in [9.17, 15) is 0 Å². The number of anilines is 2. The molecule has 2 heterocycles. The molecule has 4 rings (SSSR count). The molecule has 0 spiro atoms. The van der Waals surface area contributed by atoms with E-state index in [1.54, 1.807) is 7.11 Å². The molecule has 0 amide bonds. The largest absolute Gasteiger partial charge is 0.496 e. The number of hydrogen-bond donors (Lipinski definition) is 3. The SMILES string of the molecule is CCNCc1ccc(OC)c(Cn2c3ccccc3c3nc(N)nc(N)c32)c1. The molecule has 4 aromatic rings. The number of para-hydroxylation sites is 1. The topological polar surface area (TPSA) is 104 Å². The van der Waals surface area contributed by atoms with E-state index in [1.165, 1.54) is 5.56 Å². The summed E-state index contributed by atoms with van der Waals surface area (Å²) in [6.45, 7) is 4.41. The summed E-state index contributed by atoms with van der Waals surface area (Å²) in [5.41, 5.74) is 17.0. The Labute approximate surface area is 163 Å². The lowest BCUT2D eigenvalue weighted by Crippen LogP contribution is -2.12. The van der Waals surface area contributed by atoms with Gasteiger partial charge in [0.2, 0.25) is 5.95 Å². The summed E-state index contributed by atoms with van der Waals surface area (Å²) in [5.74, 6) is 1.39. The fourth-order valence-corrected chi connectivity index (χ4v) is 3.64. The molecule has 0 saturated heterocycles. The highest BCUT2D eigenvalue weighted by atomic mass is 16.5. The summed E-state index contributed by atoms with van der Waals surface area (Å²) in [6, 6.07) is 14.3. The number of ether oxygens (including phenoxy) is 1. The fraction of sp³-hybridized carbons (Fsp3) is 0.238. The molecule has 0 aliphatic carbocycles. The molecule has 7 heteroatoms. The van der Waals surface area contributed by atoms with Crippen molar-refractivity contribution >= 4 is 33.7 Å².